The van der Waals surface area contributed by atoms with Gasteiger partial charge in [0, 0.05) is 17.9 Å². The lowest BCUT2D eigenvalue weighted by atomic mass is 10.0. The van der Waals surface area contributed by atoms with E-state index in [0.29, 0.717) is 0 Å². The van der Waals surface area contributed by atoms with Crippen molar-refractivity contribution in [3.05, 3.63) is 39.8 Å². The predicted octanol–water partition coefficient (Wildman–Crippen LogP) is 0.760. The number of nitrogens with zero attached hydrogens (tertiary/aromatic N) is 4. The first-order valence-corrected chi connectivity index (χ1v) is 10.2. The Kier molecular flexibility index (Phi) is 8.08. The first kappa shape index (κ1) is 23.9. The molecule has 1 saturated heterocycles. The van der Waals surface area contributed by atoms with Gasteiger partial charge in [0.1, 0.15) is 6.04 Å². The molecule has 2 N–H and O–H groups in total. The van der Waals surface area contributed by atoms with Crippen LogP contribution in [-0.4, -0.2) is 73.4 Å². The molecule has 0 spiro atoms. The SMILES string of the molecule is [N-]=[N+]=NCCOCCOCCC(=O)Nc1cccc2c1C(=O)N(C1CCC(=O)NC1=O)C2=O. The fourth-order valence-corrected chi connectivity index (χ4v) is 3.47. The molecule has 1 aromatic rings. The summed E-state index contributed by atoms with van der Waals surface area (Å²) < 4.78 is 10.5. The number of fused-ring (bicyclic) bond motifs is 1. The Bertz CT molecular complexity index is 1020. The molecule has 2 aliphatic heterocycles. The van der Waals surface area contributed by atoms with Crippen LogP contribution in [0.5, 0.6) is 0 Å². The lowest BCUT2D eigenvalue weighted by Crippen LogP contribution is -2.54. The molecule has 33 heavy (non-hydrogen) atoms. The van der Waals surface area contributed by atoms with Gasteiger partial charge in [-0.1, -0.05) is 11.2 Å². The number of amides is 5. The molecule has 1 fully saturated rings. The summed E-state index contributed by atoms with van der Waals surface area (Å²) in [5.41, 5.74) is 8.39. The molecule has 2 heterocycles. The number of benzene rings is 1. The highest BCUT2D eigenvalue weighted by Gasteiger charge is 2.45. The van der Waals surface area contributed by atoms with E-state index < -0.39 is 35.6 Å². The molecule has 0 saturated carbocycles. The zero-order valence-corrected chi connectivity index (χ0v) is 17.6. The number of imide groups is 2. The Morgan fingerprint density at radius 1 is 1.15 bits per heavy atom. The molecule has 0 bridgehead atoms. The number of ether oxygens (including phenoxy) is 2. The van der Waals surface area contributed by atoms with E-state index in [9.17, 15) is 24.0 Å². The standard InChI is InChI=1S/C20H22N6O7/c21-25-22-7-9-33-11-10-32-8-6-16(28)23-13-3-1-2-12-17(13)20(31)26(19(12)30)14-4-5-15(27)24-18(14)29/h1-3,14H,4-11H2,(H,23,28)(H,24,27,29). The van der Waals surface area contributed by atoms with E-state index in [1.54, 1.807) is 0 Å². The maximum Gasteiger partial charge on any atom is 0.264 e. The highest BCUT2D eigenvalue weighted by molar-refractivity contribution is 6.26. The van der Waals surface area contributed by atoms with Crippen molar-refractivity contribution in [2.45, 2.75) is 25.3 Å². The molecule has 0 aromatic heterocycles. The molecule has 174 valence electrons. The Labute approximate surface area is 188 Å². The fourth-order valence-electron chi connectivity index (χ4n) is 3.47. The molecular formula is C20H22N6O7. The minimum absolute atomic E-state index is 0.00138. The van der Waals surface area contributed by atoms with Gasteiger partial charge in [0.15, 0.2) is 0 Å². The normalized spacial score (nSPS) is 17.5. The minimum atomic E-state index is -1.08. The second-order valence-corrected chi connectivity index (χ2v) is 7.15. The van der Waals surface area contributed by atoms with Gasteiger partial charge in [-0.15, -0.1) is 0 Å². The Balaban J connectivity index is 1.54. The topological polar surface area (TPSA) is 180 Å². The Morgan fingerprint density at radius 3 is 2.64 bits per heavy atom. The number of carbonyl (C=O) groups excluding carboxylic acids is 5. The number of hydrogen-bond donors (Lipinski definition) is 2. The summed E-state index contributed by atoms with van der Waals surface area (Å²) in [6.45, 7) is 1.13. The largest absolute Gasteiger partial charge is 0.379 e. The average molecular weight is 458 g/mol. The summed E-state index contributed by atoms with van der Waals surface area (Å²) in [5.74, 6) is -2.93. The van der Waals surface area contributed by atoms with Gasteiger partial charge in [-0.25, -0.2) is 0 Å². The van der Waals surface area contributed by atoms with Gasteiger partial charge in [0.05, 0.1) is 49.7 Å². The second-order valence-electron chi connectivity index (χ2n) is 7.15. The number of nitrogens with one attached hydrogen (secondary N) is 2. The van der Waals surface area contributed by atoms with Crippen LogP contribution in [0.3, 0.4) is 0 Å². The minimum Gasteiger partial charge on any atom is -0.379 e. The monoisotopic (exact) mass is 458 g/mol. The average Bonchev–Trinajstić information content (AvgIpc) is 3.04. The maximum absolute atomic E-state index is 13.0. The van der Waals surface area contributed by atoms with Crippen molar-refractivity contribution in [1.82, 2.24) is 10.2 Å². The maximum atomic E-state index is 13.0. The summed E-state index contributed by atoms with van der Waals surface area (Å²) in [6, 6.07) is 3.38. The van der Waals surface area contributed by atoms with Gasteiger partial charge in [-0.05, 0) is 24.1 Å². The predicted molar refractivity (Wildman–Crippen MR) is 112 cm³/mol. The van der Waals surface area contributed by atoms with E-state index in [0.717, 1.165) is 4.90 Å². The smallest absolute Gasteiger partial charge is 0.264 e. The van der Waals surface area contributed by atoms with Crippen LogP contribution in [0.25, 0.3) is 10.4 Å². The number of carbonyl (C=O) groups is 5. The highest BCUT2D eigenvalue weighted by atomic mass is 16.5. The van der Waals surface area contributed by atoms with Crippen LogP contribution in [-0.2, 0) is 23.9 Å². The van der Waals surface area contributed by atoms with Gasteiger partial charge < -0.3 is 14.8 Å². The van der Waals surface area contributed by atoms with Crippen LogP contribution >= 0.6 is 0 Å². The second kappa shape index (κ2) is 11.2. The molecule has 3 rings (SSSR count). The van der Waals surface area contributed by atoms with Crippen LogP contribution in [0.1, 0.15) is 40.0 Å². The summed E-state index contributed by atoms with van der Waals surface area (Å²) >= 11 is 0. The van der Waals surface area contributed by atoms with Crippen molar-refractivity contribution in [3.8, 4) is 0 Å². The first-order valence-electron chi connectivity index (χ1n) is 10.2. The Hall–Kier alpha value is -3.80. The summed E-state index contributed by atoms with van der Waals surface area (Å²) in [7, 11) is 0. The fraction of sp³-hybridized carbons (Fsp3) is 0.450. The number of rotatable bonds is 11. The number of hydrogen-bond acceptors (Lipinski definition) is 8. The zero-order chi connectivity index (χ0) is 23.8. The van der Waals surface area contributed by atoms with Gasteiger partial charge >= 0.3 is 0 Å². The van der Waals surface area contributed by atoms with E-state index in [1.165, 1.54) is 18.2 Å². The van der Waals surface area contributed by atoms with Crippen molar-refractivity contribution in [1.29, 1.82) is 0 Å². The van der Waals surface area contributed by atoms with Crippen molar-refractivity contribution in [2.75, 3.05) is 38.3 Å². The van der Waals surface area contributed by atoms with E-state index in [-0.39, 0.29) is 69.0 Å². The lowest BCUT2D eigenvalue weighted by molar-refractivity contribution is -0.136. The van der Waals surface area contributed by atoms with Crippen LogP contribution in [0.2, 0.25) is 0 Å². The third-order valence-corrected chi connectivity index (χ3v) is 4.99. The zero-order valence-electron chi connectivity index (χ0n) is 17.6. The molecule has 0 aliphatic carbocycles. The van der Waals surface area contributed by atoms with Crippen LogP contribution < -0.4 is 10.6 Å². The van der Waals surface area contributed by atoms with Gasteiger partial charge in [0.2, 0.25) is 17.7 Å². The van der Waals surface area contributed by atoms with Crippen LogP contribution in [0.4, 0.5) is 5.69 Å². The first-order chi connectivity index (χ1) is 15.9. The third-order valence-electron chi connectivity index (χ3n) is 4.99. The van der Waals surface area contributed by atoms with Gasteiger partial charge in [-0.2, -0.15) is 0 Å². The van der Waals surface area contributed by atoms with E-state index in [1.807, 2.05) is 0 Å². The summed E-state index contributed by atoms with van der Waals surface area (Å²) in [6.07, 6.45) is 0.0675. The quantitative estimate of drug-likeness (QED) is 0.161. The number of azide groups is 1. The van der Waals surface area contributed by atoms with E-state index >= 15 is 0 Å². The molecule has 5 amide bonds. The molecule has 13 nitrogen and oxygen atoms in total. The van der Waals surface area contributed by atoms with E-state index in [4.69, 9.17) is 15.0 Å². The van der Waals surface area contributed by atoms with Gasteiger partial charge in [0.25, 0.3) is 11.8 Å². The van der Waals surface area contributed by atoms with Crippen molar-refractivity contribution in [3.63, 3.8) is 0 Å². The molecule has 13 heteroatoms. The highest BCUT2D eigenvalue weighted by Crippen LogP contribution is 2.32. The molecule has 2 aliphatic rings. The summed E-state index contributed by atoms with van der Waals surface area (Å²) in [4.78, 5) is 65.1. The van der Waals surface area contributed by atoms with E-state index in [2.05, 4.69) is 20.7 Å². The van der Waals surface area contributed by atoms with Crippen LogP contribution in [0, 0.1) is 0 Å². The van der Waals surface area contributed by atoms with Crippen LogP contribution in [0.15, 0.2) is 23.3 Å². The molecule has 1 unspecified atom stereocenters. The number of anilines is 1. The summed E-state index contributed by atoms with van der Waals surface area (Å²) in [5, 5.41) is 8.07. The Morgan fingerprint density at radius 2 is 1.91 bits per heavy atom. The van der Waals surface area contributed by atoms with Crippen molar-refractivity contribution < 1.29 is 33.4 Å². The van der Waals surface area contributed by atoms with Crippen molar-refractivity contribution in [2.24, 2.45) is 5.11 Å². The number of piperidine rings is 1. The molecule has 1 aromatic carbocycles. The van der Waals surface area contributed by atoms with Gasteiger partial charge in [-0.3, -0.25) is 34.2 Å². The molecular weight excluding hydrogens is 436 g/mol. The molecule has 1 atom stereocenters. The molecule has 0 radical (unpaired) electrons. The lowest BCUT2D eigenvalue weighted by Gasteiger charge is -2.27. The third kappa shape index (κ3) is 5.71. The van der Waals surface area contributed by atoms with Crippen molar-refractivity contribution >= 4 is 35.2 Å².